The van der Waals surface area contributed by atoms with Crippen molar-refractivity contribution in [1.82, 2.24) is 0 Å². The van der Waals surface area contributed by atoms with Crippen LogP contribution in [0.25, 0.3) is 0 Å². The first kappa shape index (κ1) is 17.2. The van der Waals surface area contributed by atoms with E-state index in [0.29, 0.717) is 5.96 Å². The summed E-state index contributed by atoms with van der Waals surface area (Å²) in [6, 6.07) is 15.7. The number of nitrogens with one attached hydrogen (secondary N) is 1. The average Bonchev–Trinajstić information content (AvgIpc) is 2.55. The lowest BCUT2D eigenvalue weighted by atomic mass is 10.1. The normalized spacial score (nSPS) is 14.3. The second-order valence-electron chi connectivity index (χ2n) is 5.39. The Morgan fingerprint density at radius 3 is 2.30 bits per heavy atom. The number of anilines is 1. The van der Waals surface area contributed by atoms with E-state index in [4.69, 9.17) is 5.73 Å². The Labute approximate surface area is 140 Å². The highest BCUT2D eigenvalue weighted by atomic mass is 32.2. The fourth-order valence-corrected chi connectivity index (χ4v) is 2.74. The predicted octanol–water partition coefficient (Wildman–Crippen LogP) is 3.47. The van der Waals surface area contributed by atoms with E-state index in [9.17, 15) is 4.21 Å². The van der Waals surface area contributed by atoms with Crippen LogP contribution in [0.15, 0.2) is 58.4 Å². The molecule has 23 heavy (non-hydrogen) atoms. The lowest BCUT2D eigenvalue weighted by molar-refractivity contribution is 0.686. The van der Waals surface area contributed by atoms with Crippen molar-refractivity contribution in [2.75, 3.05) is 11.6 Å². The molecule has 0 saturated carbocycles. The molecule has 2 rings (SSSR count). The monoisotopic (exact) mass is 329 g/mol. The fraction of sp³-hybridized carbons (Fsp3) is 0.278. The van der Waals surface area contributed by atoms with Crippen molar-refractivity contribution in [3.8, 4) is 0 Å². The summed E-state index contributed by atoms with van der Waals surface area (Å²) >= 11 is 0. The van der Waals surface area contributed by atoms with Crippen molar-refractivity contribution in [2.45, 2.75) is 31.2 Å². The first-order valence-electron chi connectivity index (χ1n) is 7.62. The number of aliphatic imine (C=N–C) groups is 1. The minimum atomic E-state index is -0.963. The zero-order chi connectivity index (χ0) is 16.8. The molecule has 2 atom stereocenters. The molecule has 0 aliphatic rings. The third kappa shape index (κ3) is 4.93. The molecular formula is C18H23N3OS. The van der Waals surface area contributed by atoms with Crippen LogP contribution in [0.2, 0.25) is 0 Å². The molecule has 0 heterocycles. The highest BCUT2D eigenvalue weighted by Crippen LogP contribution is 2.18. The van der Waals surface area contributed by atoms with Gasteiger partial charge >= 0.3 is 0 Å². The smallest absolute Gasteiger partial charge is 0.193 e. The van der Waals surface area contributed by atoms with E-state index in [1.807, 2.05) is 43.3 Å². The van der Waals surface area contributed by atoms with Crippen LogP contribution < -0.4 is 11.1 Å². The molecule has 5 heteroatoms. The second kappa shape index (κ2) is 7.92. The summed E-state index contributed by atoms with van der Waals surface area (Å²) in [7, 11) is -0.963. The summed E-state index contributed by atoms with van der Waals surface area (Å²) in [6.07, 6.45) is 2.68. The van der Waals surface area contributed by atoms with Crippen LogP contribution in [0.1, 0.15) is 31.0 Å². The van der Waals surface area contributed by atoms with Crippen molar-refractivity contribution >= 4 is 22.4 Å². The largest absolute Gasteiger partial charge is 0.370 e. The van der Waals surface area contributed by atoms with Crippen molar-refractivity contribution < 1.29 is 4.21 Å². The summed E-state index contributed by atoms with van der Waals surface area (Å²) in [6.45, 7) is 4.10. The van der Waals surface area contributed by atoms with Gasteiger partial charge in [0.2, 0.25) is 0 Å². The van der Waals surface area contributed by atoms with Gasteiger partial charge in [-0.3, -0.25) is 4.21 Å². The number of hydrogen-bond donors (Lipinski definition) is 2. The van der Waals surface area contributed by atoms with Crippen LogP contribution in [-0.4, -0.2) is 16.4 Å². The maximum atomic E-state index is 11.4. The van der Waals surface area contributed by atoms with Crippen LogP contribution in [0.4, 0.5) is 5.69 Å². The van der Waals surface area contributed by atoms with Crippen LogP contribution in [0, 0.1) is 0 Å². The lowest BCUT2D eigenvalue weighted by Gasteiger charge is -2.11. The van der Waals surface area contributed by atoms with Gasteiger partial charge in [-0.2, -0.15) is 0 Å². The molecule has 0 amide bonds. The van der Waals surface area contributed by atoms with E-state index in [-0.39, 0.29) is 6.04 Å². The molecule has 122 valence electrons. The van der Waals surface area contributed by atoms with Crippen molar-refractivity contribution in [2.24, 2.45) is 10.7 Å². The fourth-order valence-electron chi connectivity index (χ4n) is 2.23. The van der Waals surface area contributed by atoms with E-state index in [1.54, 1.807) is 6.26 Å². The maximum Gasteiger partial charge on any atom is 0.193 e. The Bertz CT molecular complexity index is 693. The summed E-state index contributed by atoms with van der Waals surface area (Å²) in [5, 5.41) is 3.10. The van der Waals surface area contributed by atoms with Crippen molar-refractivity contribution in [1.29, 1.82) is 0 Å². The first-order valence-corrected chi connectivity index (χ1v) is 9.18. The molecule has 0 fully saturated rings. The molecule has 2 unspecified atom stereocenters. The number of guanidine groups is 1. The Morgan fingerprint density at radius 2 is 1.78 bits per heavy atom. The number of benzene rings is 2. The van der Waals surface area contributed by atoms with Crippen molar-refractivity contribution in [3.05, 3.63) is 59.7 Å². The molecule has 3 N–H and O–H groups in total. The van der Waals surface area contributed by atoms with E-state index in [2.05, 4.69) is 29.4 Å². The molecule has 2 aromatic rings. The summed E-state index contributed by atoms with van der Waals surface area (Å²) in [5.74, 6) is 0.380. The van der Waals surface area contributed by atoms with Gasteiger partial charge in [0.15, 0.2) is 5.96 Å². The van der Waals surface area contributed by atoms with E-state index in [1.165, 1.54) is 5.56 Å². The molecule has 0 spiro atoms. The number of nitrogens with zero attached hydrogens (tertiary/aromatic N) is 1. The minimum absolute atomic E-state index is 0.0724. The quantitative estimate of drug-likeness (QED) is 0.652. The Hall–Kier alpha value is -2.14. The molecule has 0 aliphatic heterocycles. The van der Waals surface area contributed by atoms with Gasteiger partial charge in [-0.15, -0.1) is 0 Å². The topological polar surface area (TPSA) is 67.5 Å². The van der Waals surface area contributed by atoms with Gasteiger partial charge in [-0.1, -0.05) is 31.2 Å². The summed E-state index contributed by atoms with van der Waals surface area (Å²) in [4.78, 5) is 5.28. The van der Waals surface area contributed by atoms with Gasteiger partial charge in [0, 0.05) is 27.6 Å². The SMILES string of the molecule is CCc1ccc(NC(N)=NC(C)c2ccc(S(C)=O)cc2)cc1. The van der Waals surface area contributed by atoms with Crippen LogP contribution in [0.5, 0.6) is 0 Å². The summed E-state index contributed by atoms with van der Waals surface area (Å²) < 4.78 is 11.4. The third-order valence-corrected chi connectivity index (χ3v) is 4.60. The van der Waals surface area contributed by atoms with Crippen LogP contribution in [0.3, 0.4) is 0 Å². The maximum absolute atomic E-state index is 11.4. The molecule has 0 saturated heterocycles. The Kier molecular flexibility index (Phi) is 5.93. The molecule has 4 nitrogen and oxygen atoms in total. The first-order chi connectivity index (χ1) is 11.0. The standard InChI is InChI=1S/C18H23N3OS/c1-4-14-5-9-16(10-6-14)21-18(19)20-13(2)15-7-11-17(12-8-15)23(3)22/h5-13H,4H2,1-3H3,(H3,19,20,21). The van der Waals surface area contributed by atoms with Crippen molar-refractivity contribution in [3.63, 3.8) is 0 Å². The zero-order valence-electron chi connectivity index (χ0n) is 13.7. The molecule has 0 aromatic heterocycles. The van der Waals surface area contributed by atoms with Gasteiger partial charge in [0.05, 0.1) is 6.04 Å². The Morgan fingerprint density at radius 1 is 1.17 bits per heavy atom. The number of hydrogen-bond acceptors (Lipinski definition) is 2. The number of aryl methyl sites for hydroxylation is 1. The molecular weight excluding hydrogens is 306 g/mol. The predicted molar refractivity (Wildman–Crippen MR) is 98.3 cm³/mol. The minimum Gasteiger partial charge on any atom is -0.370 e. The molecule has 0 bridgehead atoms. The van der Waals surface area contributed by atoms with E-state index in [0.717, 1.165) is 22.6 Å². The number of nitrogens with two attached hydrogens (primary N) is 1. The van der Waals surface area contributed by atoms with E-state index >= 15 is 0 Å². The average molecular weight is 329 g/mol. The second-order valence-corrected chi connectivity index (χ2v) is 6.77. The van der Waals surface area contributed by atoms with Crippen LogP contribution in [-0.2, 0) is 17.2 Å². The molecule has 0 radical (unpaired) electrons. The molecule has 2 aromatic carbocycles. The molecule has 0 aliphatic carbocycles. The summed E-state index contributed by atoms with van der Waals surface area (Å²) in [5.41, 5.74) is 9.22. The van der Waals surface area contributed by atoms with Crippen LogP contribution >= 0.6 is 0 Å². The highest BCUT2D eigenvalue weighted by molar-refractivity contribution is 7.84. The third-order valence-electron chi connectivity index (χ3n) is 3.66. The lowest BCUT2D eigenvalue weighted by Crippen LogP contribution is -2.23. The Balaban J connectivity index is 2.04. The zero-order valence-corrected chi connectivity index (χ0v) is 14.6. The van der Waals surface area contributed by atoms with Gasteiger partial charge in [-0.05, 0) is 48.7 Å². The van der Waals surface area contributed by atoms with Gasteiger partial charge < -0.3 is 11.1 Å². The van der Waals surface area contributed by atoms with Gasteiger partial charge in [-0.25, -0.2) is 4.99 Å². The van der Waals surface area contributed by atoms with E-state index < -0.39 is 10.8 Å². The highest BCUT2D eigenvalue weighted by Gasteiger charge is 2.06. The number of rotatable bonds is 5. The van der Waals surface area contributed by atoms with Gasteiger partial charge in [0.1, 0.15) is 0 Å². The van der Waals surface area contributed by atoms with Gasteiger partial charge in [0.25, 0.3) is 0 Å².